The molecule has 0 aliphatic carbocycles. The molecule has 0 amide bonds. The zero-order valence-corrected chi connectivity index (χ0v) is 9.56. The Morgan fingerprint density at radius 2 is 2.07 bits per heavy atom. The van der Waals surface area contributed by atoms with Crippen LogP contribution in [0.2, 0.25) is 5.02 Å². The molecule has 2 nitrogen and oxygen atoms in total. The van der Waals surface area contributed by atoms with Crippen LogP contribution in [0.1, 0.15) is 22.8 Å². The van der Waals surface area contributed by atoms with Crippen molar-refractivity contribution in [2.75, 3.05) is 13.6 Å². The molecule has 0 aromatic heterocycles. The molecule has 0 unspecified atom stereocenters. The molecule has 0 bridgehead atoms. The smallest absolute Gasteiger partial charge is 0.151 e. The maximum atomic E-state index is 10.4. The van der Waals surface area contributed by atoms with E-state index in [0.29, 0.717) is 10.6 Å². The molecule has 0 saturated carbocycles. The van der Waals surface area contributed by atoms with Crippen LogP contribution in [-0.4, -0.2) is 19.9 Å². The first-order valence-electron chi connectivity index (χ1n) is 4.52. The lowest BCUT2D eigenvalue weighted by Gasteiger charge is -1.97. The molecule has 0 aliphatic rings. The number of benzene rings is 1. The second-order valence-electron chi connectivity index (χ2n) is 2.80. The first-order chi connectivity index (χ1) is 6.67. The molecule has 1 aromatic carbocycles. The number of halogens is 1. The highest BCUT2D eigenvalue weighted by molar-refractivity contribution is 6.33. The molecule has 0 spiro atoms. The van der Waals surface area contributed by atoms with Gasteiger partial charge in [0.2, 0.25) is 0 Å². The summed E-state index contributed by atoms with van der Waals surface area (Å²) in [5.41, 5.74) is 1.51. The van der Waals surface area contributed by atoms with Crippen LogP contribution in [-0.2, 0) is 0 Å². The summed E-state index contributed by atoms with van der Waals surface area (Å²) in [5, 5.41) is 3.45. The van der Waals surface area contributed by atoms with Crippen molar-refractivity contribution in [3.05, 3.63) is 34.3 Å². The van der Waals surface area contributed by atoms with Gasteiger partial charge >= 0.3 is 0 Å². The highest BCUT2D eigenvalue weighted by Crippen LogP contribution is 2.16. The van der Waals surface area contributed by atoms with E-state index in [1.165, 1.54) is 0 Å². The Kier molecular flexibility index (Phi) is 7.07. The first-order valence-corrected chi connectivity index (χ1v) is 4.90. The number of rotatable bonds is 2. The first kappa shape index (κ1) is 13.1. The molecule has 0 atom stereocenters. The minimum absolute atomic E-state index is 0.523. The highest BCUT2D eigenvalue weighted by Gasteiger charge is 1.99. The molecule has 3 heteroatoms. The average Bonchev–Trinajstić information content (AvgIpc) is 2.19. The largest absolute Gasteiger partial charge is 0.320 e. The van der Waals surface area contributed by atoms with E-state index in [9.17, 15) is 4.79 Å². The van der Waals surface area contributed by atoms with Gasteiger partial charge in [-0.3, -0.25) is 4.79 Å². The van der Waals surface area contributed by atoms with Crippen molar-refractivity contribution in [1.82, 2.24) is 5.32 Å². The molecule has 1 aromatic rings. The van der Waals surface area contributed by atoms with Gasteiger partial charge in [0.05, 0.1) is 5.02 Å². The van der Waals surface area contributed by atoms with Crippen LogP contribution in [0.15, 0.2) is 18.2 Å². The van der Waals surface area contributed by atoms with E-state index in [-0.39, 0.29) is 0 Å². The zero-order valence-electron chi connectivity index (χ0n) is 8.80. The molecular formula is C11H16ClNO. The van der Waals surface area contributed by atoms with E-state index in [1.807, 2.05) is 26.1 Å². The summed E-state index contributed by atoms with van der Waals surface area (Å²) in [6.45, 7) is 5.00. The minimum atomic E-state index is 0.523. The Morgan fingerprint density at radius 1 is 1.50 bits per heavy atom. The molecule has 1 N–H and O–H groups in total. The summed E-state index contributed by atoms with van der Waals surface area (Å²) in [5.74, 6) is 0. The minimum Gasteiger partial charge on any atom is -0.320 e. The number of carbonyl (C=O) groups is 1. The maximum Gasteiger partial charge on any atom is 0.151 e. The van der Waals surface area contributed by atoms with Gasteiger partial charge < -0.3 is 5.32 Å². The van der Waals surface area contributed by atoms with E-state index in [1.54, 1.807) is 6.07 Å². The molecule has 0 radical (unpaired) electrons. The lowest BCUT2D eigenvalue weighted by atomic mass is 10.1. The number of aryl methyl sites for hydroxylation is 1. The molecule has 0 saturated heterocycles. The molecule has 1 rings (SSSR count). The lowest BCUT2D eigenvalue weighted by molar-refractivity contribution is 0.112. The van der Waals surface area contributed by atoms with Gasteiger partial charge in [-0.15, -0.1) is 0 Å². The van der Waals surface area contributed by atoms with Crippen LogP contribution in [0, 0.1) is 6.92 Å². The molecule has 78 valence electrons. The van der Waals surface area contributed by atoms with Crippen LogP contribution in [0.5, 0.6) is 0 Å². The summed E-state index contributed by atoms with van der Waals surface area (Å²) in [6, 6.07) is 5.39. The maximum absolute atomic E-state index is 10.4. The fourth-order valence-corrected chi connectivity index (χ4v) is 1.06. The number of aldehydes is 1. The van der Waals surface area contributed by atoms with Gasteiger partial charge in [0.15, 0.2) is 6.29 Å². The van der Waals surface area contributed by atoms with E-state index >= 15 is 0 Å². The number of hydrogen-bond acceptors (Lipinski definition) is 2. The van der Waals surface area contributed by atoms with Crippen molar-refractivity contribution in [2.45, 2.75) is 13.8 Å². The number of nitrogens with one attached hydrogen (secondary N) is 1. The van der Waals surface area contributed by atoms with Crippen LogP contribution < -0.4 is 5.32 Å². The van der Waals surface area contributed by atoms with Gasteiger partial charge in [0.1, 0.15) is 0 Å². The second-order valence-corrected chi connectivity index (χ2v) is 3.20. The SMILES string of the molecule is CCNC.Cc1cccc(Cl)c1C=O. The topological polar surface area (TPSA) is 29.1 Å². The third kappa shape index (κ3) is 4.40. The van der Waals surface area contributed by atoms with Crippen LogP contribution in [0.4, 0.5) is 0 Å². The van der Waals surface area contributed by atoms with Crippen molar-refractivity contribution in [3.8, 4) is 0 Å². The van der Waals surface area contributed by atoms with E-state index in [4.69, 9.17) is 11.6 Å². The Morgan fingerprint density at radius 3 is 2.36 bits per heavy atom. The number of carbonyl (C=O) groups excluding carboxylic acids is 1. The van der Waals surface area contributed by atoms with Crippen LogP contribution >= 0.6 is 11.6 Å². The van der Waals surface area contributed by atoms with Crippen molar-refractivity contribution in [1.29, 1.82) is 0 Å². The third-order valence-corrected chi connectivity index (χ3v) is 2.07. The van der Waals surface area contributed by atoms with E-state index in [0.717, 1.165) is 18.4 Å². The Labute approximate surface area is 90.3 Å². The van der Waals surface area contributed by atoms with Gasteiger partial charge in [0, 0.05) is 5.56 Å². The Bertz CT molecular complexity index is 264. The number of hydrogen-bond donors (Lipinski definition) is 1. The van der Waals surface area contributed by atoms with Crippen molar-refractivity contribution < 1.29 is 4.79 Å². The third-order valence-electron chi connectivity index (χ3n) is 1.74. The summed E-state index contributed by atoms with van der Waals surface area (Å²) >= 11 is 5.70. The van der Waals surface area contributed by atoms with Crippen LogP contribution in [0.25, 0.3) is 0 Å². The van der Waals surface area contributed by atoms with Crippen molar-refractivity contribution in [2.24, 2.45) is 0 Å². The van der Waals surface area contributed by atoms with Gasteiger partial charge in [-0.05, 0) is 32.1 Å². The summed E-state index contributed by atoms with van der Waals surface area (Å²) in [6.07, 6.45) is 0.775. The Balaban J connectivity index is 0.000000364. The molecule has 0 aliphatic heterocycles. The van der Waals surface area contributed by atoms with Gasteiger partial charge in [-0.1, -0.05) is 30.7 Å². The molecule has 0 heterocycles. The molecular weight excluding hydrogens is 198 g/mol. The van der Waals surface area contributed by atoms with Crippen LogP contribution in [0.3, 0.4) is 0 Å². The second kappa shape index (κ2) is 7.54. The van der Waals surface area contributed by atoms with Crippen molar-refractivity contribution in [3.63, 3.8) is 0 Å². The van der Waals surface area contributed by atoms with E-state index in [2.05, 4.69) is 12.2 Å². The lowest BCUT2D eigenvalue weighted by Crippen LogP contribution is -2.01. The standard InChI is InChI=1S/C8H7ClO.C3H9N/c1-6-3-2-4-8(9)7(6)5-10;1-3-4-2/h2-5H,1H3;4H,3H2,1-2H3. The fraction of sp³-hybridized carbons (Fsp3) is 0.364. The van der Waals surface area contributed by atoms with Gasteiger partial charge in [0.25, 0.3) is 0 Å². The molecule has 14 heavy (non-hydrogen) atoms. The Hall–Kier alpha value is -0.860. The summed E-state index contributed by atoms with van der Waals surface area (Å²) < 4.78 is 0. The summed E-state index contributed by atoms with van der Waals surface area (Å²) in [4.78, 5) is 10.4. The predicted molar refractivity (Wildman–Crippen MR) is 61.2 cm³/mol. The monoisotopic (exact) mass is 213 g/mol. The highest BCUT2D eigenvalue weighted by atomic mass is 35.5. The molecule has 0 fully saturated rings. The summed E-state index contributed by atoms with van der Waals surface area (Å²) in [7, 11) is 1.93. The van der Waals surface area contributed by atoms with Crippen molar-refractivity contribution >= 4 is 17.9 Å². The zero-order chi connectivity index (χ0) is 11.0. The quantitative estimate of drug-likeness (QED) is 0.766. The van der Waals surface area contributed by atoms with Gasteiger partial charge in [-0.2, -0.15) is 0 Å². The fourth-order valence-electron chi connectivity index (χ4n) is 0.794. The average molecular weight is 214 g/mol. The van der Waals surface area contributed by atoms with E-state index < -0.39 is 0 Å². The van der Waals surface area contributed by atoms with Gasteiger partial charge in [-0.25, -0.2) is 0 Å². The normalized spacial score (nSPS) is 8.86. The predicted octanol–water partition coefficient (Wildman–Crippen LogP) is 2.69.